The number of amides is 2. The van der Waals surface area contributed by atoms with Crippen LogP contribution < -0.4 is 10.6 Å². The summed E-state index contributed by atoms with van der Waals surface area (Å²) in [7, 11) is 0. The van der Waals surface area contributed by atoms with E-state index < -0.39 is 0 Å². The van der Waals surface area contributed by atoms with Crippen LogP contribution in [0.5, 0.6) is 0 Å². The van der Waals surface area contributed by atoms with Crippen LogP contribution in [0.2, 0.25) is 10.0 Å². The first kappa shape index (κ1) is 13.6. The smallest absolute Gasteiger partial charge is 0.319 e. The molecule has 0 fully saturated rings. The van der Waals surface area contributed by atoms with Gasteiger partial charge in [-0.25, -0.2) is 4.79 Å². The van der Waals surface area contributed by atoms with Gasteiger partial charge in [-0.2, -0.15) is 0 Å². The lowest BCUT2D eigenvalue weighted by molar-refractivity contribution is 0.251. The van der Waals surface area contributed by atoms with Crippen molar-refractivity contribution in [3.05, 3.63) is 58.3 Å². The molecule has 4 nitrogen and oxygen atoms in total. The number of para-hydroxylation sites is 1. The van der Waals surface area contributed by atoms with Crippen molar-refractivity contribution in [3.8, 4) is 0 Å². The summed E-state index contributed by atoms with van der Waals surface area (Å²) in [5.41, 5.74) is 1.30. The van der Waals surface area contributed by atoms with E-state index in [2.05, 4.69) is 15.6 Å². The van der Waals surface area contributed by atoms with Gasteiger partial charge in [0.05, 0.1) is 15.7 Å². The molecule has 0 saturated heterocycles. The second-order valence-electron chi connectivity index (χ2n) is 3.77. The fourth-order valence-electron chi connectivity index (χ4n) is 1.46. The Morgan fingerprint density at radius 1 is 1.16 bits per heavy atom. The average molecular weight is 296 g/mol. The quantitative estimate of drug-likeness (QED) is 0.907. The highest BCUT2D eigenvalue weighted by Gasteiger charge is 2.08. The second-order valence-corrected chi connectivity index (χ2v) is 4.58. The van der Waals surface area contributed by atoms with E-state index in [4.69, 9.17) is 23.2 Å². The number of benzene rings is 1. The average Bonchev–Trinajstić information content (AvgIpc) is 2.42. The van der Waals surface area contributed by atoms with Gasteiger partial charge in [-0.05, 0) is 23.8 Å². The predicted molar refractivity (Wildman–Crippen MR) is 76.6 cm³/mol. The molecule has 19 heavy (non-hydrogen) atoms. The molecule has 1 aromatic heterocycles. The molecular formula is C13H11Cl2N3O. The minimum atomic E-state index is -0.376. The number of halogens is 2. The van der Waals surface area contributed by atoms with Crippen molar-refractivity contribution < 1.29 is 4.79 Å². The summed E-state index contributed by atoms with van der Waals surface area (Å²) in [5, 5.41) is 6.09. The molecule has 0 saturated carbocycles. The summed E-state index contributed by atoms with van der Waals surface area (Å²) in [6.45, 7) is 0.377. The number of hydrogen-bond donors (Lipinski definition) is 2. The maximum absolute atomic E-state index is 11.7. The normalized spacial score (nSPS) is 10.0. The zero-order valence-corrected chi connectivity index (χ0v) is 11.4. The molecule has 0 aliphatic carbocycles. The summed E-state index contributed by atoms with van der Waals surface area (Å²) < 4.78 is 0. The van der Waals surface area contributed by atoms with Crippen LogP contribution in [0, 0.1) is 0 Å². The minimum Gasteiger partial charge on any atom is -0.334 e. The summed E-state index contributed by atoms with van der Waals surface area (Å²) in [6.07, 6.45) is 3.36. The fourth-order valence-corrected chi connectivity index (χ4v) is 1.95. The highest BCUT2D eigenvalue weighted by Crippen LogP contribution is 2.29. The van der Waals surface area contributed by atoms with Gasteiger partial charge in [-0.15, -0.1) is 0 Å². The minimum absolute atomic E-state index is 0.376. The molecule has 0 atom stereocenters. The molecule has 0 bridgehead atoms. The molecule has 2 aromatic rings. The predicted octanol–water partition coefficient (Wildman–Crippen LogP) is 3.71. The van der Waals surface area contributed by atoms with Gasteiger partial charge in [0, 0.05) is 18.9 Å². The molecule has 2 N–H and O–H groups in total. The Morgan fingerprint density at radius 3 is 2.53 bits per heavy atom. The first-order valence-corrected chi connectivity index (χ1v) is 6.30. The first-order chi connectivity index (χ1) is 9.16. The molecule has 0 spiro atoms. The van der Waals surface area contributed by atoms with Gasteiger partial charge in [0.25, 0.3) is 0 Å². The van der Waals surface area contributed by atoms with Crippen LogP contribution in [0.25, 0.3) is 0 Å². The first-order valence-electron chi connectivity index (χ1n) is 5.54. The van der Waals surface area contributed by atoms with Crippen LogP contribution >= 0.6 is 23.2 Å². The van der Waals surface area contributed by atoms with Crippen molar-refractivity contribution >= 4 is 34.9 Å². The van der Waals surface area contributed by atoms with Crippen LogP contribution in [-0.2, 0) is 6.54 Å². The molecule has 0 aliphatic rings. The molecule has 2 rings (SSSR count). The van der Waals surface area contributed by atoms with Gasteiger partial charge in [-0.3, -0.25) is 4.98 Å². The lowest BCUT2D eigenvalue weighted by Crippen LogP contribution is -2.28. The summed E-state index contributed by atoms with van der Waals surface area (Å²) >= 11 is 11.9. The Hall–Kier alpha value is -1.78. The highest BCUT2D eigenvalue weighted by molar-refractivity contribution is 6.39. The second kappa shape index (κ2) is 6.41. The van der Waals surface area contributed by atoms with E-state index in [1.54, 1.807) is 36.7 Å². The third-order valence-corrected chi connectivity index (χ3v) is 3.01. The number of urea groups is 1. The number of hydrogen-bond acceptors (Lipinski definition) is 2. The van der Waals surface area contributed by atoms with E-state index in [1.165, 1.54) is 0 Å². The third kappa shape index (κ3) is 3.84. The zero-order chi connectivity index (χ0) is 13.7. The maximum Gasteiger partial charge on any atom is 0.319 e. The fraction of sp³-hybridized carbons (Fsp3) is 0.0769. The van der Waals surface area contributed by atoms with Crippen LogP contribution in [0.15, 0.2) is 42.7 Å². The molecule has 2 amide bonds. The van der Waals surface area contributed by atoms with Crippen LogP contribution in [-0.4, -0.2) is 11.0 Å². The highest BCUT2D eigenvalue weighted by atomic mass is 35.5. The molecule has 1 heterocycles. The lowest BCUT2D eigenvalue weighted by atomic mass is 10.3. The van der Waals surface area contributed by atoms with E-state index >= 15 is 0 Å². The molecular weight excluding hydrogens is 285 g/mol. The Balaban J connectivity index is 1.95. The molecule has 6 heteroatoms. The van der Waals surface area contributed by atoms with Gasteiger partial charge < -0.3 is 10.6 Å². The van der Waals surface area contributed by atoms with Crippen molar-refractivity contribution in [2.24, 2.45) is 0 Å². The number of rotatable bonds is 3. The lowest BCUT2D eigenvalue weighted by Gasteiger charge is -2.10. The van der Waals surface area contributed by atoms with Crippen LogP contribution in [0.4, 0.5) is 10.5 Å². The Labute approximate surface area is 120 Å². The van der Waals surface area contributed by atoms with Gasteiger partial charge in [-0.1, -0.05) is 35.3 Å². The number of pyridine rings is 1. The van der Waals surface area contributed by atoms with Crippen LogP contribution in [0.1, 0.15) is 5.56 Å². The van der Waals surface area contributed by atoms with E-state index in [0.29, 0.717) is 22.3 Å². The number of carbonyl (C=O) groups is 1. The van der Waals surface area contributed by atoms with E-state index in [-0.39, 0.29) is 6.03 Å². The molecule has 0 unspecified atom stereocenters. The van der Waals surface area contributed by atoms with Gasteiger partial charge in [0.2, 0.25) is 0 Å². The summed E-state index contributed by atoms with van der Waals surface area (Å²) in [4.78, 5) is 15.7. The Bertz CT molecular complexity index is 555. The monoisotopic (exact) mass is 295 g/mol. The molecule has 98 valence electrons. The van der Waals surface area contributed by atoms with E-state index in [9.17, 15) is 4.79 Å². The van der Waals surface area contributed by atoms with Crippen molar-refractivity contribution in [2.75, 3.05) is 5.32 Å². The van der Waals surface area contributed by atoms with Crippen molar-refractivity contribution in [1.82, 2.24) is 10.3 Å². The van der Waals surface area contributed by atoms with Crippen LogP contribution in [0.3, 0.4) is 0 Å². The Kier molecular flexibility index (Phi) is 4.60. The van der Waals surface area contributed by atoms with Gasteiger partial charge in [0.15, 0.2) is 0 Å². The van der Waals surface area contributed by atoms with Gasteiger partial charge in [0.1, 0.15) is 0 Å². The van der Waals surface area contributed by atoms with E-state index in [0.717, 1.165) is 5.56 Å². The SMILES string of the molecule is O=C(NCc1cccnc1)Nc1c(Cl)cccc1Cl. The largest absolute Gasteiger partial charge is 0.334 e. The zero-order valence-electron chi connectivity index (χ0n) is 9.86. The Morgan fingerprint density at radius 2 is 1.89 bits per heavy atom. The summed E-state index contributed by atoms with van der Waals surface area (Å²) in [5.74, 6) is 0. The van der Waals surface area contributed by atoms with Crippen molar-refractivity contribution in [3.63, 3.8) is 0 Å². The number of carbonyl (C=O) groups excluding carboxylic acids is 1. The molecule has 1 aromatic carbocycles. The van der Waals surface area contributed by atoms with Gasteiger partial charge >= 0.3 is 6.03 Å². The molecule has 0 aliphatic heterocycles. The van der Waals surface area contributed by atoms with Crippen molar-refractivity contribution in [2.45, 2.75) is 6.54 Å². The molecule has 0 radical (unpaired) electrons. The van der Waals surface area contributed by atoms with Crippen molar-refractivity contribution in [1.29, 1.82) is 0 Å². The maximum atomic E-state index is 11.7. The number of nitrogens with one attached hydrogen (secondary N) is 2. The number of nitrogens with zero attached hydrogens (tertiary/aromatic N) is 1. The summed E-state index contributed by atoms with van der Waals surface area (Å²) in [6, 6.07) is 8.33. The number of aromatic nitrogens is 1. The third-order valence-electron chi connectivity index (χ3n) is 2.38. The topological polar surface area (TPSA) is 54.0 Å². The number of anilines is 1. The van der Waals surface area contributed by atoms with E-state index in [1.807, 2.05) is 6.07 Å². The standard InChI is InChI=1S/C13H11Cl2N3O/c14-10-4-1-5-11(15)12(10)18-13(19)17-8-9-3-2-6-16-7-9/h1-7H,8H2,(H2,17,18,19).